The van der Waals surface area contributed by atoms with Crippen molar-refractivity contribution < 1.29 is 76.2 Å². The van der Waals surface area contributed by atoms with Gasteiger partial charge in [0.25, 0.3) is 11.4 Å². The summed E-state index contributed by atoms with van der Waals surface area (Å²) in [6, 6.07) is 0. The first kappa shape index (κ1) is 39.4. The average molecular weight is 832 g/mol. The number of aldehydes is 1. The second kappa shape index (κ2) is 14.4. The first-order valence-corrected chi connectivity index (χ1v) is 20.2. The van der Waals surface area contributed by atoms with Crippen LogP contribution in [-0.2, 0) is 52.9 Å². The van der Waals surface area contributed by atoms with E-state index in [0.29, 0.717) is 6.29 Å². The lowest BCUT2D eigenvalue weighted by molar-refractivity contribution is -0.114. The lowest BCUT2D eigenvalue weighted by Crippen LogP contribution is -2.40. The van der Waals surface area contributed by atoms with Crippen LogP contribution in [0.5, 0.6) is 5.88 Å². The number of fused-ring (bicyclic) bond motifs is 2. The van der Waals surface area contributed by atoms with E-state index in [0.717, 1.165) is 10.9 Å². The fourth-order valence-electron chi connectivity index (χ4n) is 5.62. The molecule has 6 rings (SSSR count). The van der Waals surface area contributed by atoms with Gasteiger partial charge in [0.1, 0.15) is 36.5 Å². The molecule has 27 nitrogen and oxygen atoms in total. The number of aliphatic hydroxyl groups excluding tert-OH is 3. The number of nitrogens with one attached hydrogen (secondary N) is 1. The van der Waals surface area contributed by atoms with Gasteiger partial charge in [-0.2, -0.15) is 21.6 Å². The minimum atomic E-state index is -5.49. The van der Waals surface area contributed by atoms with Crippen molar-refractivity contribution in [1.82, 2.24) is 29.5 Å². The Bertz CT molecular complexity index is 2110. The molecule has 292 valence electrons. The number of H-pyrrole nitrogens is 1. The number of hydrogen-bond donors (Lipinski definition) is 10. The highest BCUT2D eigenvalue weighted by Gasteiger charge is 2.49. The third-order valence-electron chi connectivity index (χ3n) is 7.89. The Hall–Kier alpha value is -3.27. The van der Waals surface area contributed by atoms with Gasteiger partial charge in [0, 0.05) is 0 Å². The number of phosphoric ester groups is 2. The molecule has 0 amide bonds. The van der Waals surface area contributed by atoms with Gasteiger partial charge in [-0.1, -0.05) is 0 Å². The van der Waals surface area contributed by atoms with Crippen molar-refractivity contribution in [2.24, 2.45) is 5.92 Å². The SMILES string of the molecule is CN1[CH-]N([C@@H]2O[C@H](COP(=O)(O)OP(O)(=S)OP(=O)(O)OC[C@H]3O[C@@H](n4cnc5c(=O)[nH]c(N)nc54)C(O)[C@H]3O)C(O)C2C=O)[c+]2[n-]c(N)nc(O)c21. The first-order valence-electron chi connectivity index (χ1n) is 14.7. The molecule has 3 aliphatic rings. The highest BCUT2D eigenvalue weighted by atomic mass is 32.5. The van der Waals surface area contributed by atoms with Gasteiger partial charge in [-0.05, 0) is 18.9 Å². The normalized spacial score (nSPS) is 30.6. The second-order valence-electron chi connectivity index (χ2n) is 11.5. The number of phosphoric acid groups is 2. The average Bonchev–Trinajstić information content (AvgIpc) is 3.77. The molecule has 2 fully saturated rings. The summed E-state index contributed by atoms with van der Waals surface area (Å²) in [6.07, 6.45) is -9.59. The zero-order valence-corrected chi connectivity index (χ0v) is 30.0. The van der Waals surface area contributed by atoms with E-state index in [1.54, 1.807) is 0 Å². The van der Waals surface area contributed by atoms with Crippen molar-refractivity contribution in [2.45, 2.75) is 43.0 Å². The number of nitrogens with two attached hydrogens (primary N) is 2. The van der Waals surface area contributed by atoms with Crippen molar-refractivity contribution in [2.75, 3.05) is 41.5 Å². The number of carbonyl (C=O) groups is 1. The van der Waals surface area contributed by atoms with Crippen LogP contribution in [0, 0.1) is 12.6 Å². The van der Waals surface area contributed by atoms with Crippen LogP contribution in [0.1, 0.15) is 6.23 Å². The summed E-state index contributed by atoms with van der Waals surface area (Å²) in [6.45, 7) is -5.81. The van der Waals surface area contributed by atoms with E-state index >= 15 is 0 Å². The Labute approximate surface area is 300 Å². The zero-order valence-electron chi connectivity index (χ0n) is 26.5. The number of ether oxygens (including phenoxy) is 2. The van der Waals surface area contributed by atoms with Gasteiger partial charge < -0.3 is 70.6 Å². The van der Waals surface area contributed by atoms with Gasteiger partial charge in [0.2, 0.25) is 5.95 Å². The summed E-state index contributed by atoms with van der Waals surface area (Å²) in [4.78, 5) is 75.1. The van der Waals surface area contributed by atoms with Crippen LogP contribution in [0.25, 0.3) is 11.2 Å². The highest BCUT2D eigenvalue weighted by molar-refractivity contribution is 8.09. The number of carbonyl (C=O) groups excluding carboxylic acids is 1. The third-order valence-corrected chi connectivity index (χ3v) is 13.3. The predicted molar refractivity (Wildman–Crippen MR) is 176 cm³/mol. The van der Waals surface area contributed by atoms with Gasteiger partial charge in [0.15, 0.2) is 29.0 Å². The van der Waals surface area contributed by atoms with Gasteiger partial charge in [-0.3, -0.25) is 23.4 Å². The van der Waals surface area contributed by atoms with Gasteiger partial charge in [-0.15, -0.1) is 0 Å². The van der Waals surface area contributed by atoms with Crippen molar-refractivity contribution in [3.8, 4) is 5.88 Å². The molecule has 31 heteroatoms. The van der Waals surface area contributed by atoms with Gasteiger partial charge in [-0.25, -0.2) is 22.7 Å². The maximum atomic E-state index is 12.7. The summed E-state index contributed by atoms with van der Waals surface area (Å²) < 4.78 is 55.9. The van der Waals surface area contributed by atoms with E-state index in [1.807, 2.05) is 0 Å². The predicted octanol–water partition coefficient (Wildman–Crippen LogP) is -3.30. The van der Waals surface area contributed by atoms with Crippen LogP contribution in [0.4, 0.5) is 23.4 Å². The van der Waals surface area contributed by atoms with Crippen LogP contribution in [-0.4, -0.2) is 123 Å². The standard InChI is InChI=1S/C22H30N10O17P3S/c1-30-6-32(16-11(30)18(38)29-22(24)27-16)19-7(2-33)12(34)8(46-19)3-44-50(39,40)48-52(43,53)49-51(41,42)45-4-9-13(35)14(36)20(47-9)31-5-25-10-15(31)26-21(23)28-17(10)37/h2,5-9,12-14,19-20,34-36H,3-4H2,1H3,(H9-,23,24,26,27,28,29,37,38,39,40,41,42,43,53)/q-1/t7?,8-,9-,12?,13+,14?,19-,20-,52?/m1/s1. The maximum Gasteiger partial charge on any atom is 0.479 e. The minimum Gasteiger partial charge on any atom is -0.487 e. The molecule has 0 aromatic carbocycles. The molecule has 6 heterocycles. The lowest BCUT2D eigenvalue weighted by atomic mass is 10.0. The largest absolute Gasteiger partial charge is 0.487 e. The smallest absolute Gasteiger partial charge is 0.479 e. The number of aromatic amines is 1. The zero-order chi connectivity index (χ0) is 38.8. The number of rotatable bonds is 13. The van der Waals surface area contributed by atoms with E-state index in [1.165, 1.54) is 23.5 Å². The van der Waals surface area contributed by atoms with E-state index in [9.17, 15) is 53.8 Å². The quantitative estimate of drug-likeness (QED) is 0.0458. The Morgan fingerprint density at radius 2 is 1.66 bits per heavy atom. The minimum absolute atomic E-state index is 0.00517. The first-order chi connectivity index (χ1) is 24.7. The number of nitrogens with zero attached hydrogens (tertiary/aromatic N) is 7. The Morgan fingerprint density at radius 3 is 2.28 bits per heavy atom. The number of hydrogen-bond acceptors (Lipinski definition) is 22. The second-order valence-corrected chi connectivity index (χ2v) is 17.5. The molecule has 0 aliphatic carbocycles. The van der Waals surface area contributed by atoms with Crippen molar-refractivity contribution in [3.05, 3.63) is 23.3 Å². The Morgan fingerprint density at radius 1 is 1.06 bits per heavy atom. The molecule has 53 heavy (non-hydrogen) atoms. The highest BCUT2D eigenvalue weighted by Crippen LogP contribution is 2.68. The molecule has 3 aromatic heterocycles. The number of aliphatic hydroxyl groups is 3. The molecule has 0 bridgehead atoms. The van der Waals surface area contributed by atoms with E-state index < -0.39 is 95.9 Å². The van der Waals surface area contributed by atoms with Crippen molar-refractivity contribution in [1.29, 1.82) is 0 Å². The van der Waals surface area contributed by atoms with Crippen LogP contribution >= 0.6 is 22.4 Å². The van der Waals surface area contributed by atoms with Crippen molar-refractivity contribution >= 4 is 75.0 Å². The Balaban J connectivity index is 1.04. The summed E-state index contributed by atoms with van der Waals surface area (Å²) >= 11 is 4.58. The van der Waals surface area contributed by atoms with Crippen LogP contribution in [0.3, 0.4) is 0 Å². The molecule has 0 spiro atoms. The number of imidazole rings is 1. The summed E-state index contributed by atoms with van der Waals surface area (Å²) in [5, 5.41) is 42.0. The van der Waals surface area contributed by atoms with Crippen LogP contribution in [0.15, 0.2) is 11.1 Å². The fraction of sp³-hybridized carbons (Fsp3) is 0.500. The van der Waals surface area contributed by atoms with Gasteiger partial charge in [0.05, 0.1) is 37.8 Å². The monoisotopic (exact) mass is 831 g/mol. The molecular weight excluding hydrogens is 801 g/mol. The molecule has 11 atom stereocenters. The molecule has 0 saturated carbocycles. The van der Waals surface area contributed by atoms with E-state index in [2.05, 4.69) is 45.3 Å². The molecular formula is C22H30N10O17P3S-. The molecule has 2 saturated heterocycles. The fourth-order valence-corrected chi connectivity index (χ4v) is 10.7. The van der Waals surface area contributed by atoms with E-state index in [4.69, 9.17) is 30.0 Å². The third kappa shape index (κ3) is 7.95. The summed E-state index contributed by atoms with van der Waals surface area (Å²) in [5.41, 5.74) is 10.3. The number of aromatic nitrogens is 6. The maximum absolute atomic E-state index is 12.7. The van der Waals surface area contributed by atoms with Crippen LogP contribution in [0.2, 0.25) is 0 Å². The number of nitrogen functional groups attached to an aromatic ring is 2. The number of anilines is 4. The van der Waals surface area contributed by atoms with E-state index in [-0.39, 0.29) is 34.6 Å². The Kier molecular flexibility index (Phi) is 10.7. The topological polar surface area (TPSA) is 397 Å². The number of aromatic hydroxyl groups is 1. The van der Waals surface area contributed by atoms with Crippen molar-refractivity contribution in [3.63, 3.8) is 0 Å². The lowest BCUT2D eigenvalue weighted by Gasteiger charge is -2.38. The molecule has 12 N–H and O–H groups in total. The molecule has 0 radical (unpaired) electrons. The van der Waals surface area contributed by atoms with Crippen LogP contribution < -0.4 is 31.8 Å². The summed E-state index contributed by atoms with van der Waals surface area (Å²) in [7, 11) is -9.47. The molecule has 3 aliphatic heterocycles. The molecule has 6 unspecified atom stereocenters. The van der Waals surface area contributed by atoms with Gasteiger partial charge >= 0.3 is 22.4 Å². The summed E-state index contributed by atoms with van der Waals surface area (Å²) in [5.74, 6) is -2.42. The molecule has 3 aromatic rings.